The zero-order valence-electron chi connectivity index (χ0n) is 13.8. The smallest absolute Gasteiger partial charge is 0.186 e. The summed E-state index contributed by atoms with van der Waals surface area (Å²) in [6.07, 6.45) is -0.480. The van der Waals surface area contributed by atoms with Crippen molar-refractivity contribution in [3.05, 3.63) is 59.1 Å². The van der Waals surface area contributed by atoms with Crippen molar-refractivity contribution in [1.29, 1.82) is 0 Å². The fraction of sp³-hybridized carbons (Fsp3) is 0.316. The summed E-state index contributed by atoms with van der Waals surface area (Å²) in [5, 5.41) is 12.2. The molecule has 0 saturated carbocycles. The summed E-state index contributed by atoms with van der Waals surface area (Å²) in [7, 11) is 0. The number of halogens is 1. The monoisotopic (exact) mass is 373 g/mol. The Morgan fingerprint density at radius 3 is 2.48 bits per heavy atom. The largest absolute Gasteiger partial charge is 0.387 e. The number of rotatable bonds is 4. The van der Waals surface area contributed by atoms with E-state index >= 15 is 0 Å². The number of piperazine rings is 1. The lowest BCUT2D eigenvalue weighted by atomic mass is 10.1. The van der Waals surface area contributed by atoms with Crippen LogP contribution in [0.15, 0.2) is 48.5 Å². The van der Waals surface area contributed by atoms with Gasteiger partial charge in [0.05, 0.1) is 16.3 Å². The van der Waals surface area contributed by atoms with E-state index in [4.69, 9.17) is 16.6 Å². The highest BCUT2D eigenvalue weighted by Gasteiger charge is 2.22. The maximum atomic E-state index is 10.4. The summed E-state index contributed by atoms with van der Waals surface area (Å²) in [6, 6.07) is 15.7. The second-order valence-corrected chi connectivity index (χ2v) is 7.76. The first-order valence-corrected chi connectivity index (χ1v) is 9.65. The molecule has 0 spiro atoms. The molecule has 1 saturated heterocycles. The summed E-state index contributed by atoms with van der Waals surface area (Å²) >= 11 is 7.66. The molecule has 2 aromatic carbocycles. The number of para-hydroxylation sites is 1. The number of aromatic nitrogens is 1. The van der Waals surface area contributed by atoms with Crippen molar-refractivity contribution in [3.63, 3.8) is 0 Å². The zero-order chi connectivity index (χ0) is 17.2. The number of β-amino-alcohol motifs (C(OH)–C–C–N with tert-alkyl or cyclic N) is 1. The highest BCUT2D eigenvalue weighted by atomic mass is 35.5. The highest BCUT2D eigenvalue weighted by Crippen LogP contribution is 2.29. The van der Waals surface area contributed by atoms with Gasteiger partial charge in [0.1, 0.15) is 0 Å². The van der Waals surface area contributed by atoms with Gasteiger partial charge in [-0.25, -0.2) is 4.98 Å². The number of thiazole rings is 1. The van der Waals surface area contributed by atoms with Crippen molar-refractivity contribution in [2.45, 2.75) is 6.10 Å². The number of nitrogens with zero attached hydrogens (tertiary/aromatic N) is 3. The number of aliphatic hydroxyl groups is 1. The van der Waals surface area contributed by atoms with E-state index in [0.717, 1.165) is 42.4 Å². The number of hydrogen-bond donors (Lipinski definition) is 1. The van der Waals surface area contributed by atoms with Gasteiger partial charge in [-0.15, -0.1) is 0 Å². The quantitative estimate of drug-likeness (QED) is 0.755. The minimum Gasteiger partial charge on any atom is -0.387 e. The molecule has 4 rings (SSSR count). The minimum atomic E-state index is -0.480. The molecule has 0 amide bonds. The standard InChI is InChI=1S/C19H20ClN3OS/c20-15-7-5-14(6-8-15)17(24)13-22-9-11-23(12-10-22)19-21-16-3-1-2-4-18(16)25-19/h1-8,17,24H,9-13H2. The van der Waals surface area contributed by atoms with Gasteiger partial charge in [-0.2, -0.15) is 0 Å². The molecular formula is C19H20ClN3OS. The second-order valence-electron chi connectivity index (χ2n) is 6.32. The van der Waals surface area contributed by atoms with Crippen LogP contribution in [0.4, 0.5) is 5.13 Å². The van der Waals surface area contributed by atoms with Gasteiger partial charge < -0.3 is 10.0 Å². The molecule has 1 unspecified atom stereocenters. The van der Waals surface area contributed by atoms with Crippen molar-refractivity contribution in [1.82, 2.24) is 9.88 Å². The van der Waals surface area contributed by atoms with Gasteiger partial charge in [0.2, 0.25) is 0 Å². The molecule has 2 heterocycles. The SMILES string of the molecule is OC(CN1CCN(c2nc3ccccc3s2)CC1)c1ccc(Cl)cc1. The molecule has 6 heteroatoms. The van der Waals surface area contributed by atoms with Crippen LogP contribution in [0.5, 0.6) is 0 Å². The molecule has 0 aliphatic carbocycles. The molecule has 1 N–H and O–H groups in total. The van der Waals surface area contributed by atoms with E-state index in [1.165, 1.54) is 4.70 Å². The van der Waals surface area contributed by atoms with Crippen LogP contribution in [-0.4, -0.2) is 47.7 Å². The predicted octanol–water partition coefficient (Wildman–Crippen LogP) is 3.81. The van der Waals surface area contributed by atoms with Gasteiger partial charge in [-0.3, -0.25) is 4.90 Å². The molecule has 0 radical (unpaired) electrons. The third-order valence-corrected chi connectivity index (χ3v) is 5.96. The summed E-state index contributed by atoms with van der Waals surface area (Å²) in [5.41, 5.74) is 1.99. The maximum absolute atomic E-state index is 10.4. The van der Waals surface area contributed by atoms with Crippen LogP contribution < -0.4 is 4.90 Å². The van der Waals surface area contributed by atoms with Crippen LogP contribution in [0.1, 0.15) is 11.7 Å². The van der Waals surface area contributed by atoms with Crippen LogP contribution in [0, 0.1) is 0 Å². The lowest BCUT2D eigenvalue weighted by Gasteiger charge is -2.35. The molecule has 130 valence electrons. The molecule has 1 atom stereocenters. The Bertz CT molecular complexity index is 810. The van der Waals surface area contributed by atoms with Crippen molar-refractivity contribution in [3.8, 4) is 0 Å². The van der Waals surface area contributed by atoms with Crippen LogP contribution in [0.25, 0.3) is 10.2 Å². The third-order valence-electron chi connectivity index (χ3n) is 4.61. The van der Waals surface area contributed by atoms with Crippen LogP contribution in [-0.2, 0) is 0 Å². The molecule has 4 nitrogen and oxygen atoms in total. The molecule has 0 bridgehead atoms. The number of fused-ring (bicyclic) bond motifs is 1. The van der Waals surface area contributed by atoms with Crippen LogP contribution in [0.2, 0.25) is 5.02 Å². The van der Waals surface area contributed by atoms with E-state index < -0.39 is 6.10 Å². The van der Waals surface area contributed by atoms with Gasteiger partial charge in [-0.1, -0.05) is 47.2 Å². The van der Waals surface area contributed by atoms with Crippen LogP contribution >= 0.6 is 22.9 Å². The van der Waals surface area contributed by atoms with E-state index in [1.54, 1.807) is 11.3 Å². The van der Waals surface area contributed by atoms with Crippen molar-refractivity contribution in [2.24, 2.45) is 0 Å². The molecule has 3 aromatic rings. The first kappa shape index (κ1) is 16.8. The molecular weight excluding hydrogens is 354 g/mol. The minimum absolute atomic E-state index is 0.480. The Labute approximate surface area is 156 Å². The van der Waals surface area contributed by atoms with E-state index in [-0.39, 0.29) is 0 Å². The normalized spacial score (nSPS) is 17.1. The van der Waals surface area contributed by atoms with E-state index in [1.807, 2.05) is 30.3 Å². The molecule has 1 aromatic heterocycles. The Morgan fingerprint density at radius 1 is 1.04 bits per heavy atom. The predicted molar refractivity (Wildman–Crippen MR) is 105 cm³/mol. The number of hydrogen-bond acceptors (Lipinski definition) is 5. The van der Waals surface area contributed by atoms with E-state index in [0.29, 0.717) is 11.6 Å². The maximum Gasteiger partial charge on any atom is 0.186 e. The van der Waals surface area contributed by atoms with Crippen molar-refractivity contribution >= 4 is 38.3 Å². The Balaban J connectivity index is 1.35. The Kier molecular flexibility index (Phi) is 4.90. The van der Waals surface area contributed by atoms with Gasteiger partial charge in [0.15, 0.2) is 5.13 Å². The molecule has 1 fully saturated rings. The first-order chi connectivity index (χ1) is 12.2. The van der Waals surface area contributed by atoms with Gasteiger partial charge in [0, 0.05) is 37.7 Å². The molecule has 1 aliphatic heterocycles. The van der Waals surface area contributed by atoms with Crippen molar-refractivity contribution < 1.29 is 5.11 Å². The van der Waals surface area contributed by atoms with Crippen molar-refractivity contribution in [2.75, 3.05) is 37.6 Å². The number of anilines is 1. The molecule has 1 aliphatic rings. The average Bonchev–Trinajstić information content (AvgIpc) is 3.07. The Morgan fingerprint density at radius 2 is 1.76 bits per heavy atom. The summed E-state index contributed by atoms with van der Waals surface area (Å²) in [6.45, 7) is 4.39. The van der Waals surface area contributed by atoms with E-state index in [9.17, 15) is 5.11 Å². The van der Waals surface area contributed by atoms with Gasteiger partial charge in [0.25, 0.3) is 0 Å². The fourth-order valence-corrected chi connectivity index (χ4v) is 4.30. The average molecular weight is 374 g/mol. The number of aliphatic hydroxyl groups excluding tert-OH is 1. The molecule has 25 heavy (non-hydrogen) atoms. The summed E-state index contributed by atoms with van der Waals surface area (Å²) in [5.74, 6) is 0. The van der Waals surface area contributed by atoms with E-state index in [2.05, 4.69) is 28.0 Å². The lowest BCUT2D eigenvalue weighted by molar-refractivity contribution is 0.109. The Hall–Kier alpha value is -1.66. The van der Waals surface area contributed by atoms with Crippen LogP contribution in [0.3, 0.4) is 0 Å². The van der Waals surface area contributed by atoms with Gasteiger partial charge in [-0.05, 0) is 29.8 Å². The third kappa shape index (κ3) is 3.80. The summed E-state index contributed by atoms with van der Waals surface area (Å²) < 4.78 is 1.23. The second kappa shape index (κ2) is 7.30. The van der Waals surface area contributed by atoms with Gasteiger partial charge >= 0.3 is 0 Å². The highest BCUT2D eigenvalue weighted by molar-refractivity contribution is 7.22. The fourth-order valence-electron chi connectivity index (χ4n) is 3.15. The first-order valence-electron chi connectivity index (χ1n) is 8.45. The summed E-state index contributed by atoms with van der Waals surface area (Å²) in [4.78, 5) is 9.39. The number of benzene rings is 2. The topological polar surface area (TPSA) is 39.6 Å². The lowest BCUT2D eigenvalue weighted by Crippen LogP contribution is -2.47. The zero-order valence-corrected chi connectivity index (χ0v) is 15.4.